The molecule has 28 heavy (non-hydrogen) atoms. The number of likely N-dealkylation sites (tertiary alicyclic amines) is 1. The number of guanidine groups is 1. The van der Waals surface area contributed by atoms with Crippen LogP contribution in [-0.4, -0.2) is 88.0 Å². The van der Waals surface area contributed by atoms with Gasteiger partial charge in [-0.05, 0) is 44.3 Å². The number of nitrogens with zero attached hydrogens (tertiary/aromatic N) is 3. The Kier molecular flexibility index (Phi) is 8.13. The van der Waals surface area contributed by atoms with Gasteiger partial charge in [0.15, 0.2) is 15.8 Å². The second-order valence-electron chi connectivity index (χ2n) is 7.41. The van der Waals surface area contributed by atoms with Crippen molar-refractivity contribution in [2.75, 3.05) is 63.9 Å². The molecule has 9 heteroatoms. The number of rotatable bonds is 8. The smallest absolute Gasteiger partial charge is 0.191 e. The van der Waals surface area contributed by atoms with E-state index in [1.165, 1.54) is 17.7 Å². The molecule has 2 aliphatic heterocycles. The van der Waals surface area contributed by atoms with Crippen LogP contribution in [0.25, 0.3) is 0 Å². The largest absolute Gasteiger partial charge is 0.357 e. The van der Waals surface area contributed by atoms with Gasteiger partial charge in [0.1, 0.15) is 0 Å². The van der Waals surface area contributed by atoms with E-state index in [4.69, 9.17) is 4.99 Å². The molecule has 1 unspecified atom stereocenters. The van der Waals surface area contributed by atoms with Crippen molar-refractivity contribution in [3.05, 3.63) is 22.4 Å². The lowest BCUT2D eigenvalue weighted by atomic mass is 10.2. The standard InChI is InChI=1S/C19H33N5O2S2/c1-2-20-19(21-7-10-23-11-14-28(25,26)15-12-23)22-16-17(18-6-5-13-27-18)24-8-3-4-9-24/h5-6,13,17H,2-4,7-12,14-16H2,1H3,(H2,20,21,22). The van der Waals surface area contributed by atoms with Gasteiger partial charge in [-0.3, -0.25) is 14.8 Å². The van der Waals surface area contributed by atoms with Gasteiger partial charge in [0.05, 0.1) is 24.1 Å². The summed E-state index contributed by atoms with van der Waals surface area (Å²) in [6.07, 6.45) is 2.55. The van der Waals surface area contributed by atoms with Crippen LogP contribution in [-0.2, 0) is 9.84 Å². The van der Waals surface area contributed by atoms with Gasteiger partial charge in [0, 0.05) is 37.6 Å². The molecule has 2 aliphatic rings. The van der Waals surface area contributed by atoms with Crippen LogP contribution in [0, 0.1) is 0 Å². The molecule has 0 amide bonds. The Morgan fingerprint density at radius 2 is 1.96 bits per heavy atom. The monoisotopic (exact) mass is 427 g/mol. The van der Waals surface area contributed by atoms with Crippen LogP contribution in [0.15, 0.2) is 22.5 Å². The number of sulfone groups is 1. The minimum absolute atomic E-state index is 0.277. The van der Waals surface area contributed by atoms with E-state index in [1.54, 1.807) is 0 Å². The molecule has 158 valence electrons. The van der Waals surface area contributed by atoms with Gasteiger partial charge in [-0.25, -0.2) is 8.42 Å². The summed E-state index contributed by atoms with van der Waals surface area (Å²) in [5, 5.41) is 8.89. The van der Waals surface area contributed by atoms with Crippen LogP contribution in [0.2, 0.25) is 0 Å². The van der Waals surface area contributed by atoms with Crippen molar-refractivity contribution in [2.24, 2.45) is 4.99 Å². The molecule has 2 fully saturated rings. The Morgan fingerprint density at radius 3 is 2.61 bits per heavy atom. The zero-order chi connectivity index (χ0) is 19.8. The average Bonchev–Trinajstić information content (AvgIpc) is 3.38. The van der Waals surface area contributed by atoms with Gasteiger partial charge in [0.2, 0.25) is 0 Å². The lowest BCUT2D eigenvalue weighted by molar-refractivity contribution is 0.255. The number of hydrogen-bond donors (Lipinski definition) is 2. The Labute approximate surface area is 173 Å². The summed E-state index contributed by atoms with van der Waals surface area (Å²) in [6.45, 7) is 8.81. The van der Waals surface area contributed by atoms with E-state index in [9.17, 15) is 8.42 Å². The molecule has 2 saturated heterocycles. The van der Waals surface area contributed by atoms with E-state index in [1.807, 2.05) is 11.3 Å². The topological polar surface area (TPSA) is 77.0 Å². The fraction of sp³-hybridized carbons (Fsp3) is 0.737. The van der Waals surface area contributed by atoms with E-state index in [0.717, 1.165) is 45.2 Å². The van der Waals surface area contributed by atoms with E-state index >= 15 is 0 Å². The number of nitrogens with one attached hydrogen (secondary N) is 2. The highest BCUT2D eigenvalue weighted by molar-refractivity contribution is 7.91. The summed E-state index contributed by atoms with van der Waals surface area (Å²) in [6, 6.07) is 4.69. The molecule has 0 saturated carbocycles. The van der Waals surface area contributed by atoms with Gasteiger partial charge >= 0.3 is 0 Å². The molecule has 0 aliphatic carbocycles. The molecule has 0 bridgehead atoms. The van der Waals surface area contributed by atoms with Gasteiger partial charge in [-0.2, -0.15) is 0 Å². The summed E-state index contributed by atoms with van der Waals surface area (Å²) in [5.74, 6) is 1.40. The van der Waals surface area contributed by atoms with Crippen LogP contribution in [0.5, 0.6) is 0 Å². The Morgan fingerprint density at radius 1 is 1.21 bits per heavy atom. The highest BCUT2D eigenvalue weighted by atomic mass is 32.2. The fourth-order valence-electron chi connectivity index (χ4n) is 3.75. The summed E-state index contributed by atoms with van der Waals surface area (Å²) in [7, 11) is -2.82. The first-order valence-electron chi connectivity index (χ1n) is 10.3. The molecule has 7 nitrogen and oxygen atoms in total. The van der Waals surface area contributed by atoms with E-state index in [-0.39, 0.29) is 11.5 Å². The third-order valence-electron chi connectivity index (χ3n) is 5.38. The van der Waals surface area contributed by atoms with Crippen molar-refractivity contribution in [3.63, 3.8) is 0 Å². The molecule has 0 spiro atoms. The summed E-state index contributed by atoms with van der Waals surface area (Å²) >= 11 is 1.81. The third kappa shape index (κ3) is 6.43. The molecular formula is C19H33N5O2S2. The molecule has 3 heterocycles. The van der Waals surface area contributed by atoms with Crippen LogP contribution >= 0.6 is 11.3 Å². The molecule has 1 aromatic heterocycles. The maximum atomic E-state index is 11.5. The van der Waals surface area contributed by atoms with Gasteiger partial charge in [0.25, 0.3) is 0 Å². The van der Waals surface area contributed by atoms with Gasteiger partial charge in [-0.1, -0.05) is 6.07 Å². The van der Waals surface area contributed by atoms with E-state index in [0.29, 0.717) is 19.1 Å². The second-order valence-corrected chi connectivity index (χ2v) is 10.7. The molecule has 0 radical (unpaired) electrons. The molecule has 1 atom stereocenters. The highest BCUT2D eigenvalue weighted by Crippen LogP contribution is 2.28. The van der Waals surface area contributed by atoms with Crippen LogP contribution in [0.1, 0.15) is 30.7 Å². The summed E-state index contributed by atoms with van der Waals surface area (Å²) < 4.78 is 23.1. The first-order valence-corrected chi connectivity index (χ1v) is 13.0. The highest BCUT2D eigenvalue weighted by Gasteiger charge is 2.24. The summed E-state index contributed by atoms with van der Waals surface area (Å²) in [4.78, 5) is 11.0. The number of thiophene rings is 1. The normalized spacial score (nSPS) is 22.2. The van der Waals surface area contributed by atoms with Crippen molar-refractivity contribution in [2.45, 2.75) is 25.8 Å². The quantitative estimate of drug-likeness (QED) is 0.479. The average molecular weight is 428 g/mol. The third-order valence-corrected chi connectivity index (χ3v) is 7.96. The molecule has 0 aromatic carbocycles. The van der Waals surface area contributed by atoms with Crippen molar-refractivity contribution in [3.8, 4) is 0 Å². The zero-order valence-electron chi connectivity index (χ0n) is 16.8. The SMILES string of the molecule is CCNC(=NCC(c1cccs1)N1CCCC1)NCCN1CCS(=O)(=O)CC1. The van der Waals surface area contributed by atoms with Crippen molar-refractivity contribution < 1.29 is 8.42 Å². The molecular weight excluding hydrogens is 394 g/mol. The maximum absolute atomic E-state index is 11.5. The maximum Gasteiger partial charge on any atom is 0.191 e. The minimum Gasteiger partial charge on any atom is -0.357 e. The van der Waals surface area contributed by atoms with E-state index in [2.05, 4.69) is 44.9 Å². The van der Waals surface area contributed by atoms with Crippen molar-refractivity contribution >= 4 is 27.1 Å². The fourth-order valence-corrected chi connectivity index (χ4v) is 5.87. The molecule has 2 N–H and O–H groups in total. The Bertz CT molecular complexity index is 701. The zero-order valence-corrected chi connectivity index (χ0v) is 18.4. The predicted molar refractivity (Wildman–Crippen MR) is 117 cm³/mol. The number of aliphatic imine (C=N–C) groups is 1. The van der Waals surface area contributed by atoms with E-state index < -0.39 is 9.84 Å². The van der Waals surface area contributed by atoms with Crippen LogP contribution < -0.4 is 10.6 Å². The minimum atomic E-state index is -2.82. The first-order chi connectivity index (χ1) is 13.6. The van der Waals surface area contributed by atoms with Crippen molar-refractivity contribution in [1.82, 2.24) is 20.4 Å². The van der Waals surface area contributed by atoms with Gasteiger partial charge < -0.3 is 10.6 Å². The lowest BCUT2D eigenvalue weighted by Crippen LogP contribution is -2.46. The Hall–Kier alpha value is -1.16. The summed E-state index contributed by atoms with van der Waals surface area (Å²) in [5.41, 5.74) is 0. The molecule has 1 aromatic rings. The predicted octanol–water partition coefficient (Wildman–Crippen LogP) is 1.17. The second kappa shape index (κ2) is 10.6. The number of hydrogen-bond acceptors (Lipinski definition) is 6. The van der Waals surface area contributed by atoms with Crippen LogP contribution in [0.3, 0.4) is 0 Å². The van der Waals surface area contributed by atoms with Gasteiger partial charge in [-0.15, -0.1) is 11.3 Å². The first kappa shape index (κ1) is 21.5. The Balaban J connectivity index is 1.52. The lowest BCUT2D eigenvalue weighted by Gasteiger charge is -2.27. The van der Waals surface area contributed by atoms with Crippen molar-refractivity contribution in [1.29, 1.82) is 0 Å². The molecule has 3 rings (SSSR count). The van der Waals surface area contributed by atoms with Crippen LogP contribution in [0.4, 0.5) is 0 Å².